The number of benzene rings is 1. The molecule has 2 aromatic rings. The Kier molecular flexibility index (Phi) is 5.15. The smallest absolute Gasteiger partial charge is 0.229 e. The number of tetrazole rings is 1. The van der Waals surface area contributed by atoms with Gasteiger partial charge in [-0.2, -0.15) is 4.68 Å². The van der Waals surface area contributed by atoms with Crippen molar-refractivity contribution in [3.05, 3.63) is 24.0 Å². The van der Waals surface area contributed by atoms with E-state index in [1.165, 1.54) is 0 Å². The summed E-state index contributed by atoms with van der Waals surface area (Å²) in [6.45, 7) is 1.80. The van der Waals surface area contributed by atoms with E-state index < -0.39 is 0 Å². The summed E-state index contributed by atoms with van der Waals surface area (Å²) < 4.78 is 6.97. The molecule has 9 heteroatoms. The van der Waals surface area contributed by atoms with E-state index in [-0.39, 0.29) is 30.3 Å². The number of rotatable bonds is 4. The summed E-state index contributed by atoms with van der Waals surface area (Å²) in [6.07, 6.45) is 3.34. The zero-order valence-electron chi connectivity index (χ0n) is 14.8. The minimum Gasteiger partial charge on any atom is -0.494 e. The number of anilines is 1. The summed E-state index contributed by atoms with van der Waals surface area (Å²) in [5.74, 6) is 2.08. The van der Waals surface area contributed by atoms with E-state index in [9.17, 15) is 4.79 Å². The number of aromatic nitrogens is 4. The van der Waals surface area contributed by atoms with E-state index in [1.54, 1.807) is 24.8 Å². The van der Waals surface area contributed by atoms with Crippen molar-refractivity contribution in [2.24, 2.45) is 23.5 Å². The molecule has 2 aliphatic carbocycles. The molecule has 1 heterocycles. The highest BCUT2D eigenvalue weighted by atomic mass is 35.5. The highest BCUT2D eigenvalue weighted by Gasteiger charge is 2.49. The van der Waals surface area contributed by atoms with Crippen LogP contribution in [0.5, 0.6) is 5.75 Å². The van der Waals surface area contributed by atoms with Gasteiger partial charge in [-0.1, -0.05) is 0 Å². The molecule has 1 aromatic heterocycles. The summed E-state index contributed by atoms with van der Waals surface area (Å²) in [5.41, 5.74) is 7.65. The van der Waals surface area contributed by atoms with E-state index in [4.69, 9.17) is 10.5 Å². The zero-order valence-corrected chi connectivity index (χ0v) is 15.6. The number of hydrogen-bond acceptors (Lipinski definition) is 6. The summed E-state index contributed by atoms with van der Waals surface area (Å²) >= 11 is 0. The highest BCUT2D eigenvalue weighted by molar-refractivity contribution is 5.94. The Bertz CT molecular complexity index is 808. The number of aryl methyl sites for hydroxylation is 1. The Morgan fingerprint density at radius 1 is 1.35 bits per heavy atom. The average molecular weight is 379 g/mol. The number of fused-ring (bicyclic) bond motifs is 2. The van der Waals surface area contributed by atoms with Crippen molar-refractivity contribution < 1.29 is 9.53 Å². The second kappa shape index (κ2) is 7.20. The van der Waals surface area contributed by atoms with E-state index in [0.717, 1.165) is 19.3 Å². The van der Waals surface area contributed by atoms with Gasteiger partial charge in [0, 0.05) is 11.7 Å². The number of carbonyl (C=O) groups excluding carboxylic acids is 1. The molecule has 4 rings (SSSR count). The van der Waals surface area contributed by atoms with Gasteiger partial charge in [-0.25, -0.2) is 0 Å². The second-order valence-electron chi connectivity index (χ2n) is 6.95. The van der Waals surface area contributed by atoms with Gasteiger partial charge in [0.15, 0.2) is 5.82 Å². The molecule has 1 amide bonds. The fraction of sp³-hybridized carbons (Fsp3) is 0.529. The molecular formula is C17H23ClN6O2. The topological polar surface area (TPSA) is 108 Å². The van der Waals surface area contributed by atoms with E-state index in [0.29, 0.717) is 34.8 Å². The number of ether oxygens (including phenoxy) is 1. The van der Waals surface area contributed by atoms with Crippen molar-refractivity contribution in [2.75, 3.05) is 12.4 Å². The van der Waals surface area contributed by atoms with Crippen molar-refractivity contribution in [3.63, 3.8) is 0 Å². The lowest BCUT2D eigenvalue weighted by Crippen LogP contribution is -2.42. The van der Waals surface area contributed by atoms with Gasteiger partial charge in [-0.3, -0.25) is 4.79 Å². The van der Waals surface area contributed by atoms with Gasteiger partial charge in [-0.15, -0.1) is 17.5 Å². The number of nitrogens with two attached hydrogens (primary N) is 1. The maximum Gasteiger partial charge on any atom is 0.229 e. The van der Waals surface area contributed by atoms with E-state index >= 15 is 0 Å². The van der Waals surface area contributed by atoms with Crippen LogP contribution in [0.1, 0.15) is 25.1 Å². The van der Waals surface area contributed by atoms with Gasteiger partial charge >= 0.3 is 0 Å². The summed E-state index contributed by atoms with van der Waals surface area (Å²) in [4.78, 5) is 12.8. The number of nitrogens with zero attached hydrogens (tertiary/aromatic N) is 4. The minimum atomic E-state index is -0.0981. The maximum absolute atomic E-state index is 12.8. The number of carbonyl (C=O) groups is 1. The van der Waals surface area contributed by atoms with Crippen LogP contribution in [0.3, 0.4) is 0 Å². The lowest BCUT2D eigenvalue weighted by molar-refractivity contribution is -0.121. The first-order chi connectivity index (χ1) is 12.1. The van der Waals surface area contributed by atoms with Crippen LogP contribution in [0.25, 0.3) is 5.69 Å². The van der Waals surface area contributed by atoms with Crippen molar-refractivity contribution in [1.29, 1.82) is 0 Å². The zero-order chi connectivity index (χ0) is 17.6. The molecule has 1 aromatic carbocycles. The van der Waals surface area contributed by atoms with Crippen molar-refractivity contribution in [2.45, 2.75) is 32.2 Å². The molecular weight excluding hydrogens is 356 g/mol. The SMILES string of the molecule is COc1ccc(NC(=O)C2C3CCC(C3)C2N)cc1-n1nnnc1C.Cl. The van der Waals surface area contributed by atoms with E-state index in [1.807, 2.05) is 12.1 Å². The maximum atomic E-state index is 12.8. The molecule has 2 bridgehead atoms. The fourth-order valence-electron chi connectivity index (χ4n) is 4.34. The molecule has 4 unspecified atom stereocenters. The monoisotopic (exact) mass is 378 g/mol. The molecule has 0 saturated heterocycles. The molecule has 0 spiro atoms. The molecule has 2 saturated carbocycles. The average Bonchev–Trinajstić information content (AvgIpc) is 3.30. The Morgan fingerprint density at radius 3 is 2.73 bits per heavy atom. The van der Waals surface area contributed by atoms with Crippen LogP contribution < -0.4 is 15.8 Å². The Hall–Kier alpha value is -2.19. The molecule has 3 N–H and O–H groups in total. The molecule has 0 aliphatic heterocycles. The normalized spacial score (nSPS) is 26.4. The number of halogens is 1. The Morgan fingerprint density at radius 2 is 2.12 bits per heavy atom. The van der Waals surface area contributed by atoms with Gasteiger partial charge < -0.3 is 15.8 Å². The van der Waals surface area contributed by atoms with Crippen LogP contribution in [0.4, 0.5) is 5.69 Å². The van der Waals surface area contributed by atoms with Crippen molar-refractivity contribution in [3.8, 4) is 11.4 Å². The minimum absolute atomic E-state index is 0. The number of hydrogen-bond donors (Lipinski definition) is 2. The third-order valence-corrected chi connectivity index (χ3v) is 5.58. The summed E-state index contributed by atoms with van der Waals surface area (Å²) in [5, 5.41) is 14.6. The molecule has 140 valence electrons. The first-order valence-electron chi connectivity index (χ1n) is 8.58. The first-order valence-corrected chi connectivity index (χ1v) is 8.58. The number of nitrogens with one attached hydrogen (secondary N) is 1. The van der Waals surface area contributed by atoms with Gasteiger partial charge in [0.05, 0.1) is 13.0 Å². The lowest BCUT2D eigenvalue weighted by Gasteiger charge is -2.27. The summed E-state index contributed by atoms with van der Waals surface area (Å²) in [7, 11) is 1.59. The molecule has 2 aliphatic rings. The van der Waals surface area contributed by atoms with Crippen LogP contribution in [0, 0.1) is 24.7 Å². The molecule has 4 atom stereocenters. The van der Waals surface area contributed by atoms with E-state index in [2.05, 4.69) is 20.8 Å². The third kappa shape index (κ3) is 3.03. The Labute approximate surface area is 157 Å². The fourth-order valence-corrected chi connectivity index (χ4v) is 4.34. The van der Waals surface area contributed by atoms with Crippen molar-refractivity contribution in [1.82, 2.24) is 20.2 Å². The Balaban J connectivity index is 0.00000196. The van der Waals surface area contributed by atoms with Crippen LogP contribution in [0.2, 0.25) is 0 Å². The standard InChI is InChI=1S/C17H22N6O2.ClH/c1-9-20-21-22-23(9)13-8-12(5-6-14(13)25-2)19-17(24)15-10-3-4-11(7-10)16(15)18;/h5-6,8,10-11,15-16H,3-4,7,18H2,1-2H3,(H,19,24);1H. The van der Waals surface area contributed by atoms with Crippen LogP contribution in [0.15, 0.2) is 18.2 Å². The van der Waals surface area contributed by atoms with Gasteiger partial charge in [-0.05, 0) is 66.6 Å². The molecule has 2 fully saturated rings. The van der Waals surface area contributed by atoms with Crippen molar-refractivity contribution >= 4 is 24.0 Å². The van der Waals surface area contributed by atoms with Crippen LogP contribution >= 0.6 is 12.4 Å². The molecule has 26 heavy (non-hydrogen) atoms. The first kappa shape index (κ1) is 18.6. The predicted molar refractivity (Wildman–Crippen MR) is 98.6 cm³/mol. The number of amides is 1. The lowest BCUT2D eigenvalue weighted by atomic mass is 9.84. The highest BCUT2D eigenvalue weighted by Crippen LogP contribution is 2.48. The predicted octanol–water partition coefficient (Wildman–Crippen LogP) is 1.71. The quantitative estimate of drug-likeness (QED) is 0.838. The van der Waals surface area contributed by atoms with Gasteiger partial charge in [0.1, 0.15) is 11.4 Å². The molecule has 8 nitrogen and oxygen atoms in total. The summed E-state index contributed by atoms with van der Waals surface area (Å²) in [6, 6.07) is 5.41. The van der Waals surface area contributed by atoms with Crippen LogP contribution in [-0.4, -0.2) is 39.3 Å². The van der Waals surface area contributed by atoms with Gasteiger partial charge in [0.2, 0.25) is 5.91 Å². The number of methoxy groups -OCH3 is 1. The van der Waals surface area contributed by atoms with Gasteiger partial charge in [0.25, 0.3) is 0 Å². The van der Waals surface area contributed by atoms with Crippen LogP contribution in [-0.2, 0) is 4.79 Å². The third-order valence-electron chi connectivity index (χ3n) is 5.58. The second-order valence-corrected chi connectivity index (χ2v) is 6.95. The molecule has 0 radical (unpaired) electrons. The largest absolute Gasteiger partial charge is 0.494 e.